The summed E-state index contributed by atoms with van der Waals surface area (Å²) in [5, 5.41) is 9.55. The van der Waals surface area contributed by atoms with E-state index in [2.05, 4.69) is 215 Å². The van der Waals surface area contributed by atoms with Gasteiger partial charge in [-0.25, -0.2) is 9.97 Å². The first-order chi connectivity index (χ1) is 30.3. The normalized spacial score (nSPS) is 11.9. The van der Waals surface area contributed by atoms with E-state index < -0.39 is 0 Å². The average molecular weight is 795 g/mol. The Kier molecular flexibility index (Phi) is 7.44. The summed E-state index contributed by atoms with van der Waals surface area (Å²) in [7, 11) is 0. The van der Waals surface area contributed by atoms with Gasteiger partial charge in [0.25, 0.3) is 0 Å². The molecule has 0 spiro atoms. The fraction of sp³-hybridized carbons (Fsp3) is 0. The van der Waals surface area contributed by atoms with Crippen LogP contribution in [0.25, 0.3) is 120 Å². The summed E-state index contributed by atoms with van der Waals surface area (Å²) < 4.78 is 5.90. The van der Waals surface area contributed by atoms with Gasteiger partial charge < -0.3 is 4.57 Å². The van der Waals surface area contributed by atoms with Gasteiger partial charge >= 0.3 is 0 Å². The first-order valence-corrected chi connectivity index (χ1v) is 21.5. The Labute approximate surface area is 354 Å². The van der Waals surface area contributed by atoms with Gasteiger partial charge in [-0.1, -0.05) is 158 Å². The minimum Gasteiger partial charge on any atom is -0.309 e. The topological polar surface area (TPSA) is 35.6 Å². The second-order valence-electron chi connectivity index (χ2n) is 15.7. The second kappa shape index (κ2) is 13.3. The number of hydrogen-bond acceptors (Lipinski definition) is 3. The third-order valence-electron chi connectivity index (χ3n) is 12.3. The highest BCUT2D eigenvalue weighted by atomic mass is 32.1. The summed E-state index contributed by atoms with van der Waals surface area (Å²) in [5.74, 6) is 0.650. The summed E-state index contributed by atoms with van der Waals surface area (Å²) in [6, 6.07) is 74.2. The van der Waals surface area contributed by atoms with Crippen LogP contribution in [0.3, 0.4) is 0 Å². The van der Waals surface area contributed by atoms with E-state index in [1.165, 1.54) is 58.5 Å². The molecule has 13 rings (SSSR count). The van der Waals surface area contributed by atoms with Crippen LogP contribution in [0.2, 0.25) is 0 Å². The van der Waals surface area contributed by atoms with E-state index in [1.807, 2.05) is 11.3 Å². The monoisotopic (exact) mass is 794 g/mol. The number of fused-ring (bicyclic) bond motifs is 11. The fourth-order valence-corrected chi connectivity index (χ4v) is 10.8. The maximum Gasteiger partial charge on any atom is 0.235 e. The van der Waals surface area contributed by atoms with Crippen molar-refractivity contribution in [2.45, 2.75) is 0 Å². The molecule has 0 N–H and O–H groups in total. The highest BCUT2D eigenvalue weighted by molar-refractivity contribution is 7.23. The molecule has 284 valence electrons. The Morgan fingerprint density at radius 3 is 1.90 bits per heavy atom. The summed E-state index contributed by atoms with van der Waals surface area (Å²) >= 11 is 1.81. The molecule has 0 fully saturated rings. The Morgan fingerprint density at radius 2 is 1.07 bits per heavy atom. The zero-order valence-electron chi connectivity index (χ0n) is 32.8. The van der Waals surface area contributed by atoms with Gasteiger partial charge in [0.05, 0.1) is 33.3 Å². The summed E-state index contributed by atoms with van der Waals surface area (Å²) in [5.41, 5.74) is 12.1. The number of aromatic nitrogens is 4. The molecular formula is C56H34N4S. The van der Waals surface area contributed by atoms with Crippen molar-refractivity contribution in [1.82, 2.24) is 19.1 Å². The molecule has 0 aliphatic rings. The van der Waals surface area contributed by atoms with Crippen LogP contribution in [0, 0.1) is 0 Å². The molecule has 5 heteroatoms. The number of hydrogen-bond donors (Lipinski definition) is 0. The number of para-hydroxylation sites is 3. The minimum atomic E-state index is 0.650. The summed E-state index contributed by atoms with van der Waals surface area (Å²) in [6.07, 6.45) is 0. The van der Waals surface area contributed by atoms with Gasteiger partial charge in [0.2, 0.25) is 5.95 Å². The maximum atomic E-state index is 5.60. The lowest BCUT2D eigenvalue weighted by atomic mass is 9.98. The molecule has 0 saturated carbocycles. The average Bonchev–Trinajstić information content (AvgIpc) is 4.03. The first kappa shape index (κ1) is 34.0. The number of benzene rings is 9. The SMILES string of the molecule is c1ccc(-c2cc3ccc4nc(-n5c6ccccc6c6cccc(-c7ccc8c(c7)c7c9ccccc9ccc7n8-c7ccccc7)c65)nc(-c5ccccc5)c4c3s2)cc1. The van der Waals surface area contributed by atoms with Crippen LogP contribution in [0.15, 0.2) is 206 Å². The molecule has 4 nitrogen and oxygen atoms in total. The van der Waals surface area contributed by atoms with Crippen LogP contribution in [-0.2, 0) is 0 Å². The molecular weight excluding hydrogens is 761 g/mol. The lowest BCUT2D eigenvalue weighted by Crippen LogP contribution is -2.04. The van der Waals surface area contributed by atoms with Crippen molar-refractivity contribution in [3.05, 3.63) is 206 Å². The van der Waals surface area contributed by atoms with Crippen LogP contribution in [-0.4, -0.2) is 19.1 Å². The van der Waals surface area contributed by atoms with E-state index in [-0.39, 0.29) is 0 Å². The van der Waals surface area contributed by atoms with E-state index in [0.29, 0.717) is 5.95 Å². The van der Waals surface area contributed by atoms with E-state index in [9.17, 15) is 0 Å². The molecule has 0 radical (unpaired) electrons. The van der Waals surface area contributed by atoms with E-state index >= 15 is 0 Å². The van der Waals surface area contributed by atoms with Crippen LogP contribution < -0.4 is 0 Å². The lowest BCUT2D eigenvalue weighted by molar-refractivity contribution is 1.02. The largest absolute Gasteiger partial charge is 0.309 e. The maximum absolute atomic E-state index is 5.60. The van der Waals surface area contributed by atoms with Crippen molar-refractivity contribution < 1.29 is 0 Å². The van der Waals surface area contributed by atoms with Crippen molar-refractivity contribution in [3.63, 3.8) is 0 Å². The Bertz CT molecular complexity index is 3860. The zero-order chi connectivity index (χ0) is 40.0. The van der Waals surface area contributed by atoms with Gasteiger partial charge in [-0.3, -0.25) is 4.57 Å². The molecule has 0 unspecified atom stereocenters. The van der Waals surface area contributed by atoms with Crippen molar-refractivity contribution in [2.75, 3.05) is 0 Å². The highest BCUT2D eigenvalue weighted by Crippen LogP contribution is 2.44. The molecule has 0 saturated heterocycles. The van der Waals surface area contributed by atoms with E-state index in [1.54, 1.807) is 0 Å². The molecule has 61 heavy (non-hydrogen) atoms. The highest BCUT2D eigenvalue weighted by Gasteiger charge is 2.23. The molecule has 13 aromatic rings. The minimum absolute atomic E-state index is 0.650. The predicted molar refractivity (Wildman–Crippen MR) is 257 cm³/mol. The lowest BCUT2D eigenvalue weighted by Gasteiger charge is -2.14. The Balaban J connectivity index is 1.10. The van der Waals surface area contributed by atoms with Gasteiger partial charge in [0.1, 0.15) is 0 Å². The Morgan fingerprint density at radius 1 is 0.393 bits per heavy atom. The third kappa shape index (κ3) is 5.18. The van der Waals surface area contributed by atoms with Crippen LogP contribution in [0.4, 0.5) is 0 Å². The first-order valence-electron chi connectivity index (χ1n) is 20.7. The molecule has 9 aromatic carbocycles. The number of thiophene rings is 1. The quantitative estimate of drug-likeness (QED) is 0.174. The van der Waals surface area contributed by atoms with Crippen molar-refractivity contribution in [3.8, 4) is 44.5 Å². The molecule has 4 heterocycles. The number of nitrogens with zero attached hydrogens (tertiary/aromatic N) is 4. The van der Waals surface area contributed by atoms with Crippen molar-refractivity contribution in [1.29, 1.82) is 0 Å². The standard InChI is InChI=1S/C56H34N4S/c1-4-16-36(17-5-1)50-34-39-27-30-46-52(55(39)61-50)53(37-18-6-2-7-19-37)58-56(57-46)60-47-26-13-12-23-43(47)44-25-14-24-42(54(44)60)38-29-31-48-45(33-38)51-41-22-11-10-15-35(41)28-32-49(51)59(48)40-20-8-3-9-21-40/h1-34H. The van der Waals surface area contributed by atoms with Gasteiger partial charge in [0, 0.05) is 53.3 Å². The molecule has 4 aromatic heterocycles. The second-order valence-corrected chi connectivity index (χ2v) is 16.8. The van der Waals surface area contributed by atoms with Crippen LogP contribution in [0.1, 0.15) is 0 Å². The Hall–Kier alpha value is -7.86. The molecule has 0 bridgehead atoms. The van der Waals surface area contributed by atoms with Crippen LogP contribution >= 0.6 is 11.3 Å². The summed E-state index contributed by atoms with van der Waals surface area (Å²) in [4.78, 5) is 12.3. The molecule has 0 aliphatic heterocycles. The number of rotatable bonds is 5. The molecule has 0 aliphatic carbocycles. The van der Waals surface area contributed by atoms with Crippen molar-refractivity contribution in [2.24, 2.45) is 0 Å². The molecule has 0 atom stereocenters. The zero-order valence-corrected chi connectivity index (χ0v) is 33.6. The van der Waals surface area contributed by atoms with E-state index in [4.69, 9.17) is 9.97 Å². The van der Waals surface area contributed by atoms with E-state index in [0.717, 1.165) is 55.4 Å². The van der Waals surface area contributed by atoms with Gasteiger partial charge in [0.15, 0.2) is 0 Å². The van der Waals surface area contributed by atoms with Crippen molar-refractivity contribution >= 4 is 86.7 Å². The molecule has 0 amide bonds. The third-order valence-corrected chi connectivity index (χ3v) is 13.5. The summed E-state index contributed by atoms with van der Waals surface area (Å²) in [6.45, 7) is 0. The van der Waals surface area contributed by atoms with Gasteiger partial charge in [-0.15, -0.1) is 11.3 Å². The van der Waals surface area contributed by atoms with Gasteiger partial charge in [-0.2, -0.15) is 0 Å². The predicted octanol–water partition coefficient (Wildman–Crippen LogP) is 15.2. The van der Waals surface area contributed by atoms with Crippen LogP contribution in [0.5, 0.6) is 0 Å². The fourth-order valence-electron chi connectivity index (χ4n) is 9.63. The smallest absolute Gasteiger partial charge is 0.235 e. The van der Waals surface area contributed by atoms with Gasteiger partial charge in [-0.05, 0) is 75.8 Å².